The van der Waals surface area contributed by atoms with Crippen LogP contribution < -0.4 is 0 Å². The van der Waals surface area contributed by atoms with E-state index < -0.39 is 0 Å². The molecule has 0 fully saturated rings. The van der Waals surface area contributed by atoms with E-state index in [1.54, 1.807) is 0 Å². The fourth-order valence-corrected chi connectivity index (χ4v) is 1.14. The van der Waals surface area contributed by atoms with Crippen LogP contribution in [0.4, 0.5) is 0 Å². The summed E-state index contributed by atoms with van der Waals surface area (Å²) in [4.78, 5) is 4.42. The van der Waals surface area contributed by atoms with E-state index in [-0.39, 0.29) is 0 Å². The standard InChI is InChI=1S/C9H19NS/c1-8(2)7-9(3)10-5-4-6-11/h8,11H,4-7H2,1-3H3. The summed E-state index contributed by atoms with van der Waals surface area (Å²) in [6, 6.07) is 0. The second-order valence-electron chi connectivity index (χ2n) is 3.29. The van der Waals surface area contributed by atoms with Crippen LogP contribution in [0, 0.1) is 5.92 Å². The number of hydrogen-bond acceptors (Lipinski definition) is 2. The highest BCUT2D eigenvalue weighted by Crippen LogP contribution is 2.01. The highest BCUT2D eigenvalue weighted by Gasteiger charge is 1.95. The van der Waals surface area contributed by atoms with E-state index in [1.807, 2.05) is 0 Å². The Morgan fingerprint density at radius 1 is 1.45 bits per heavy atom. The maximum absolute atomic E-state index is 4.42. The second kappa shape index (κ2) is 6.71. The van der Waals surface area contributed by atoms with Gasteiger partial charge in [0.05, 0.1) is 0 Å². The minimum absolute atomic E-state index is 0.731. The van der Waals surface area contributed by atoms with Gasteiger partial charge in [-0.25, -0.2) is 0 Å². The predicted octanol–water partition coefficient (Wildman–Crippen LogP) is 2.81. The van der Waals surface area contributed by atoms with Gasteiger partial charge in [0.2, 0.25) is 0 Å². The summed E-state index contributed by atoms with van der Waals surface area (Å²) in [6.07, 6.45) is 2.23. The van der Waals surface area contributed by atoms with E-state index in [9.17, 15) is 0 Å². The van der Waals surface area contributed by atoms with Crippen molar-refractivity contribution in [3.8, 4) is 0 Å². The van der Waals surface area contributed by atoms with Crippen LogP contribution >= 0.6 is 12.6 Å². The maximum atomic E-state index is 4.42. The van der Waals surface area contributed by atoms with Gasteiger partial charge in [-0.15, -0.1) is 0 Å². The second-order valence-corrected chi connectivity index (χ2v) is 3.74. The van der Waals surface area contributed by atoms with Crippen LogP contribution in [0.25, 0.3) is 0 Å². The molecule has 0 aliphatic carbocycles. The van der Waals surface area contributed by atoms with Gasteiger partial charge in [-0.1, -0.05) is 13.8 Å². The molecule has 0 saturated carbocycles. The summed E-state index contributed by atoms with van der Waals surface area (Å²) in [5, 5.41) is 0. The van der Waals surface area contributed by atoms with Gasteiger partial charge in [0.25, 0.3) is 0 Å². The highest BCUT2D eigenvalue weighted by atomic mass is 32.1. The number of thiol groups is 1. The van der Waals surface area contributed by atoms with E-state index in [2.05, 4.69) is 38.4 Å². The summed E-state index contributed by atoms with van der Waals surface area (Å²) in [7, 11) is 0. The average Bonchev–Trinajstić information content (AvgIpc) is 1.86. The first-order chi connectivity index (χ1) is 5.16. The van der Waals surface area contributed by atoms with Gasteiger partial charge in [0, 0.05) is 12.3 Å². The Balaban J connectivity index is 3.46. The monoisotopic (exact) mass is 173 g/mol. The predicted molar refractivity (Wildman–Crippen MR) is 55.9 cm³/mol. The molecule has 0 atom stereocenters. The Bertz CT molecular complexity index is 119. The van der Waals surface area contributed by atoms with E-state index in [1.165, 1.54) is 5.71 Å². The molecule has 0 heterocycles. The van der Waals surface area contributed by atoms with Crippen molar-refractivity contribution in [2.75, 3.05) is 12.3 Å². The molecule has 1 nitrogen and oxygen atoms in total. The molecule has 2 heteroatoms. The molecule has 0 aliphatic rings. The van der Waals surface area contributed by atoms with Gasteiger partial charge in [-0.3, -0.25) is 4.99 Å². The third-order valence-corrected chi connectivity index (χ3v) is 1.72. The third-order valence-electron chi connectivity index (χ3n) is 1.40. The smallest absolute Gasteiger partial charge is 0.0396 e. The molecule has 0 spiro atoms. The third kappa shape index (κ3) is 7.92. The largest absolute Gasteiger partial charge is 0.294 e. The molecular formula is C9H19NS. The number of nitrogens with zero attached hydrogens (tertiary/aromatic N) is 1. The molecule has 0 aromatic carbocycles. The minimum atomic E-state index is 0.731. The van der Waals surface area contributed by atoms with Crippen molar-refractivity contribution in [3.63, 3.8) is 0 Å². The Morgan fingerprint density at radius 3 is 2.55 bits per heavy atom. The molecule has 0 aromatic rings. The first-order valence-electron chi connectivity index (χ1n) is 4.27. The van der Waals surface area contributed by atoms with Crippen LogP contribution in [0.3, 0.4) is 0 Å². The maximum Gasteiger partial charge on any atom is 0.0396 e. The molecule has 0 amide bonds. The number of rotatable bonds is 5. The van der Waals surface area contributed by atoms with Crippen molar-refractivity contribution in [2.45, 2.75) is 33.6 Å². The van der Waals surface area contributed by atoms with Crippen molar-refractivity contribution >= 4 is 18.3 Å². The molecule has 0 saturated heterocycles. The van der Waals surface area contributed by atoms with Crippen LogP contribution in [-0.4, -0.2) is 18.0 Å². The summed E-state index contributed by atoms with van der Waals surface area (Å²) in [6.45, 7) is 7.50. The van der Waals surface area contributed by atoms with Gasteiger partial charge in [-0.2, -0.15) is 12.6 Å². The quantitative estimate of drug-likeness (QED) is 0.373. The summed E-state index contributed by atoms with van der Waals surface area (Å²) in [5.74, 6) is 1.67. The van der Waals surface area contributed by atoms with Crippen molar-refractivity contribution < 1.29 is 0 Å². The van der Waals surface area contributed by atoms with Crippen LogP contribution in [0.15, 0.2) is 4.99 Å². The molecule has 66 valence electrons. The SMILES string of the molecule is CC(CC(C)C)=NCCCS. The topological polar surface area (TPSA) is 12.4 Å². The van der Waals surface area contributed by atoms with Crippen molar-refractivity contribution in [1.82, 2.24) is 0 Å². The molecule has 0 N–H and O–H groups in total. The number of hydrogen-bond donors (Lipinski definition) is 1. The van der Waals surface area contributed by atoms with Crippen LogP contribution in [0.1, 0.15) is 33.6 Å². The van der Waals surface area contributed by atoms with E-state index in [4.69, 9.17) is 0 Å². The zero-order chi connectivity index (χ0) is 8.69. The Hall–Kier alpha value is 0.0200. The lowest BCUT2D eigenvalue weighted by Gasteiger charge is -2.03. The van der Waals surface area contributed by atoms with Crippen molar-refractivity contribution in [2.24, 2.45) is 10.9 Å². The summed E-state index contributed by atoms with van der Waals surface area (Å²) < 4.78 is 0. The van der Waals surface area contributed by atoms with Crippen LogP contribution in [0.5, 0.6) is 0 Å². The van der Waals surface area contributed by atoms with Gasteiger partial charge >= 0.3 is 0 Å². The normalized spacial score (nSPS) is 12.6. The van der Waals surface area contributed by atoms with Gasteiger partial charge in [0.1, 0.15) is 0 Å². The molecule has 0 radical (unpaired) electrons. The molecule has 0 aliphatic heterocycles. The lowest BCUT2D eigenvalue weighted by atomic mass is 10.1. The molecule has 0 aromatic heterocycles. The fourth-order valence-electron chi connectivity index (χ4n) is 0.996. The highest BCUT2D eigenvalue weighted by molar-refractivity contribution is 7.80. The Kier molecular flexibility index (Phi) is 6.73. The van der Waals surface area contributed by atoms with E-state index in [0.717, 1.165) is 31.1 Å². The van der Waals surface area contributed by atoms with Gasteiger partial charge in [-0.05, 0) is 31.4 Å². The lowest BCUT2D eigenvalue weighted by molar-refractivity contribution is 0.680. The zero-order valence-corrected chi connectivity index (χ0v) is 8.69. The van der Waals surface area contributed by atoms with Crippen molar-refractivity contribution in [3.05, 3.63) is 0 Å². The fraction of sp³-hybridized carbons (Fsp3) is 0.889. The molecule has 0 rings (SSSR count). The lowest BCUT2D eigenvalue weighted by Crippen LogP contribution is -1.99. The van der Waals surface area contributed by atoms with Crippen molar-refractivity contribution in [1.29, 1.82) is 0 Å². The van der Waals surface area contributed by atoms with Gasteiger partial charge < -0.3 is 0 Å². The Labute approximate surface area is 75.7 Å². The molecule has 0 unspecified atom stereocenters. The number of aliphatic imine (C=N–C) groups is 1. The minimum Gasteiger partial charge on any atom is -0.294 e. The zero-order valence-electron chi connectivity index (χ0n) is 7.80. The van der Waals surface area contributed by atoms with E-state index in [0.29, 0.717) is 0 Å². The molecule has 0 bridgehead atoms. The molecule has 11 heavy (non-hydrogen) atoms. The first kappa shape index (κ1) is 11.0. The molecular weight excluding hydrogens is 154 g/mol. The van der Waals surface area contributed by atoms with Gasteiger partial charge in [0.15, 0.2) is 0 Å². The average molecular weight is 173 g/mol. The van der Waals surface area contributed by atoms with E-state index >= 15 is 0 Å². The summed E-state index contributed by atoms with van der Waals surface area (Å²) in [5.41, 5.74) is 1.28. The first-order valence-corrected chi connectivity index (χ1v) is 4.91. The Morgan fingerprint density at radius 2 is 2.09 bits per heavy atom. The summed E-state index contributed by atoms with van der Waals surface area (Å²) >= 11 is 4.12. The van der Waals surface area contributed by atoms with Crippen LogP contribution in [0.2, 0.25) is 0 Å². The van der Waals surface area contributed by atoms with Crippen LogP contribution in [-0.2, 0) is 0 Å².